The third-order valence-corrected chi connectivity index (χ3v) is 5.40. The Labute approximate surface area is 182 Å². The predicted octanol–water partition coefficient (Wildman–Crippen LogP) is 4.91. The molecule has 0 saturated carbocycles. The van der Waals surface area contributed by atoms with Gasteiger partial charge in [0, 0.05) is 22.9 Å². The molecule has 1 atom stereocenters. The third-order valence-electron chi connectivity index (χ3n) is 5.40. The molecule has 6 heteroatoms. The second-order valence-electron chi connectivity index (χ2n) is 8.09. The molecular weight excluding hydrogens is 392 g/mol. The molecule has 6 nitrogen and oxygen atoms in total. The van der Waals surface area contributed by atoms with Gasteiger partial charge in [-0.05, 0) is 60.7 Å². The fraction of sp³-hybridized carbons (Fsp3) is 0.280. The van der Waals surface area contributed by atoms with E-state index in [0.29, 0.717) is 12.0 Å². The number of carboxylic acid groups (broad SMARTS) is 1. The van der Waals surface area contributed by atoms with Crippen molar-refractivity contribution in [1.29, 1.82) is 0 Å². The summed E-state index contributed by atoms with van der Waals surface area (Å²) in [4.78, 5) is 23.8. The van der Waals surface area contributed by atoms with Gasteiger partial charge in [0.2, 0.25) is 5.91 Å². The summed E-state index contributed by atoms with van der Waals surface area (Å²) in [5.41, 5.74) is 10.2. The van der Waals surface area contributed by atoms with E-state index in [1.165, 1.54) is 0 Å². The lowest BCUT2D eigenvalue weighted by atomic mass is 9.95. The van der Waals surface area contributed by atoms with Gasteiger partial charge in [0.25, 0.3) is 0 Å². The summed E-state index contributed by atoms with van der Waals surface area (Å²) in [6.45, 7) is 5.92. The first-order valence-corrected chi connectivity index (χ1v) is 10.2. The van der Waals surface area contributed by atoms with Crippen LogP contribution in [0, 0.1) is 12.8 Å². The van der Waals surface area contributed by atoms with Gasteiger partial charge in [-0.1, -0.05) is 32.0 Å². The number of ether oxygens (including phenoxy) is 1. The standard InChI is InChI=1S/C25H28N2O4/c1-15(2)13-22(25(29)30)27-12-11-21(17-5-8-19(31-4)9-6-17)23(27)20-10-7-18(24(26)28)14-16(20)3/h5-12,14-15,22H,13H2,1-4H3,(H2,26,28)(H,29,30). The molecule has 0 aliphatic rings. The van der Waals surface area contributed by atoms with Crippen molar-refractivity contribution in [3.05, 3.63) is 65.9 Å². The molecule has 162 valence electrons. The van der Waals surface area contributed by atoms with Crippen LogP contribution in [0.15, 0.2) is 54.7 Å². The van der Waals surface area contributed by atoms with Gasteiger partial charge in [0.05, 0.1) is 12.8 Å². The lowest BCUT2D eigenvalue weighted by molar-refractivity contribution is -0.141. The topological polar surface area (TPSA) is 94.6 Å². The molecule has 0 spiro atoms. The van der Waals surface area contributed by atoms with E-state index < -0.39 is 17.9 Å². The maximum Gasteiger partial charge on any atom is 0.326 e. The second kappa shape index (κ2) is 9.08. The highest BCUT2D eigenvalue weighted by Crippen LogP contribution is 2.38. The van der Waals surface area contributed by atoms with Gasteiger partial charge in [-0.15, -0.1) is 0 Å². The molecule has 2 aromatic carbocycles. The Balaban J connectivity index is 2.25. The normalized spacial score (nSPS) is 12.0. The zero-order valence-corrected chi connectivity index (χ0v) is 18.3. The minimum Gasteiger partial charge on any atom is -0.497 e. The Bertz CT molecular complexity index is 1100. The number of carbonyl (C=O) groups excluding carboxylic acids is 1. The van der Waals surface area contributed by atoms with Gasteiger partial charge in [-0.3, -0.25) is 4.79 Å². The molecule has 1 unspecified atom stereocenters. The molecule has 1 aromatic heterocycles. The maximum absolute atomic E-state index is 12.2. The Morgan fingerprint density at radius 1 is 1.06 bits per heavy atom. The van der Waals surface area contributed by atoms with Crippen LogP contribution >= 0.6 is 0 Å². The van der Waals surface area contributed by atoms with Crippen molar-refractivity contribution in [3.63, 3.8) is 0 Å². The number of carboxylic acids is 1. The van der Waals surface area contributed by atoms with E-state index in [0.717, 1.165) is 33.7 Å². The van der Waals surface area contributed by atoms with E-state index in [1.54, 1.807) is 19.2 Å². The predicted molar refractivity (Wildman–Crippen MR) is 121 cm³/mol. The van der Waals surface area contributed by atoms with Crippen LogP contribution in [0.1, 0.15) is 42.2 Å². The van der Waals surface area contributed by atoms with E-state index in [-0.39, 0.29) is 5.92 Å². The summed E-state index contributed by atoms with van der Waals surface area (Å²) in [5, 5.41) is 9.98. The fourth-order valence-corrected chi connectivity index (χ4v) is 3.86. The molecule has 0 radical (unpaired) electrons. The number of hydrogen-bond donors (Lipinski definition) is 2. The zero-order chi connectivity index (χ0) is 22.7. The SMILES string of the molecule is COc1ccc(-c2ccn(C(CC(C)C)C(=O)O)c2-c2ccc(C(N)=O)cc2C)cc1. The number of aliphatic carboxylic acids is 1. The molecule has 0 bridgehead atoms. The number of nitrogens with two attached hydrogens (primary N) is 1. The lowest BCUT2D eigenvalue weighted by Crippen LogP contribution is -2.21. The summed E-state index contributed by atoms with van der Waals surface area (Å²) in [6.07, 6.45) is 2.33. The summed E-state index contributed by atoms with van der Waals surface area (Å²) in [5.74, 6) is -0.420. The Morgan fingerprint density at radius 2 is 1.74 bits per heavy atom. The molecule has 31 heavy (non-hydrogen) atoms. The minimum atomic E-state index is -0.877. The van der Waals surface area contributed by atoms with Crippen molar-refractivity contribution in [3.8, 4) is 28.1 Å². The summed E-state index contributed by atoms with van der Waals surface area (Å²) >= 11 is 0. The van der Waals surface area contributed by atoms with Crippen LogP contribution in [0.3, 0.4) is 0 Å². The number of primary amides is 1. The van der Waals surface area contributed by atoms with Crippen LogP contribution in [0.5, 0.6) is 5.75 Å². The van der Waals surface area contributed by atoms with Crippen LogP contribution in [-0.2, 0) is 4.79 Å². The molecule has 1 heterocycles. The van der Waals surface area contributed by atoms with Crippen molar-refractivity contribution in [1.82, 2.24) is 4.57 Å². The molecule has 0 aliphatic heterocycles. The number of methoxy groups -OCH3 is 1. The van der Waals surface area contributed by atoms with Crippen molar-refractivity contribution >= 4 is 11.9 Å². The Morgan fingerprint density at radius 3 is 2.26 bits per heavy atom. The number of amides is 1. The zero-order valence-electron chi connectivity index (χ0n) is 18.3. The molecule has 0 aliphatic carbocycles. The number of nitrogens with zero attached hydrogens (tertiary/aromatic N) is 1. The first kappa shape index (κ1) is 22.2. The number of carbonyl (C=O) groups is 2. The highest BCUT2D eigenvalue weighted by Gasteiger charge is 2.26. The monoisotopic (exact) mass is 420 g/mol. The maximum atomic E-state index is 12.2. The van der Waals surface area contributed by atoms with Crippen molar-refractivity contribution in [2.75, 3.05) is 7.11 Å². The van der Waals surface area contributed by atoms with E-state index in [9.17, 15) is 14.7 Å². The van der Waals surface area contributed by atoms with Crippen molar-refractivity contribution in [2.24, 2.45) is 11.7 Å². The summed E-state index contributed by atoms with van der Waals surface area (Å²) in [6, 6.07) is 14.1. The average Bonchev–Trinajstić information content (AvgIpc) is 3.15. The first-order valence-electron chi connectivity index (χ1n) is 10.2. The number of hydrogen-bond acceptors (Lipinski definition) is 3. The first-order chi connectivity index (χ1) is 14.7. The second-order valence-corrected chi connectivity index (χ2v) is 8.09. The van der Waals surface area contributed by atoms with E-state index in [4.69, 9.17) is 10.5 Å². The summed E-state index contributed by atoms with van der Waals surface area (Å²) in [7, 11) is 1.62. The Kier molecular flexibility index (Phi) is 6.49. The van der Waals surface area contributed by atoms with E-state index >= 15 is 0 Å². The smallest absolute Gasteiger partial charge is 0.326 e. The van der Waals surface area contributed by atoms with Crippen LogP contribution in [-0.4, -0.2) is 28.7 Å². The number of aryl methyl sites for hydroxylation is 1. The molecule has 1 amide bonds. The molecule has 3 rings (SSSR count). The largest absolute Gasteiger partial charge is 0.497 e. The highest BCUT2D eigenvalue weighted by atomic mass is 16.5. The fourth-order valence-electron chi connectivity index (χ4n) is 3.86. The van der Waals surface area contributed by atoms with Gasteiger partial charge in [0.15, 0.2) is 0 Å². The minimum absolute atomic E-state index is 0.208. The van der Waals surface area contributed by atoms with Crippen LogP contribution in [0.2, 0.25) is 0 Å². The number of rotatable bonds is 8. The quantitative estimate of drug-likeness (QED) is 0.541. The number of benzene rings is 2. The van der Waals surface area contributed by atoms with E-state index in [1.807, 2.05) is 67.9 Å². The molecule has 3 N–H and O–H groups in total. The van der Waals surface area contributed by atoms with Gasteiger partial charge >= 0.3 is 5.97 Å². The van der Waals surface area contributed by atoms with E-state index in [2.05, 4.69) is 0 Å². The van der Waals surface area contributed by atoms with Crippen LogP contribution in [0.25, 0.3) is 22.4 Å². The lowest BCUT2D eigenvalue weighted by Gasteiger charge is -2.22. The highest BCUT2D eigenvalue weighted by molar-refractivity contribution is 5.94. The van der Waals surface area contributed by atoms with Gasteiger partial charge in [0.1, 0.15) is 11.8 Å². The van der Waals surface area contributed by atoms with Crippen LogP contribution < -0.4 is 10.5 Å². The molecule has 0 saturated heterocycles. The number of aromatic nitrogens is 1. The van der Waals surface area contributed by atoms with Gasteiger partial charge in [-0.2, -0.15) is 0 Å². The van der Waals surface area contributed by atoms with Gasteiger partial charge in [-0.25, -0.2) is 4.79 Å². The molecule has 3 aromatic rings. The molecule has 0 fully saturated rings. The summed E-state index contributed by atoms with van der Waals surface area (Å²) < 4.78 is 7.09. The average molecular weight is 421 g/mol. The molecular formula is C25H28N2O4. The Hall–Kier alpha value is -3.54. The van der Waals surface area contributed by atoms with Crippen molar-refractivity contribution in [2.45, 2.75) is 33.2 Å². The van der Waals surface area contributed by atoms with Gasteiger partial charge < -0.3 is 20.1 Å². The van der Waals surface area contributed by atoms with Crippen molar-refractivity contribution < 1.29 is 19.4 Å². The van der Waals surface area contributed by atoms with Crippen LogP contribution in [0.4, 0.5) is 0 Å². The third kappa shape index (κ3) is 4.63.